The molecule has 1 aromatic rings. The van der Waals surface area contributed by atoms with Crippen LogP contribution in [-0.4, -0.2) is 47.7 Å². The third-order valence-corrected chi connectivity index (χ3v) is 3.93. The molecule has 0 saturated carbocycles. The van der Waals surface area contributed by atoms with Gasteiger partial charge in [0.25, 0.3) is 0 Å². The van der Waals surface area contributed by atoms with Crippen molar-refractivity contribution < 1.29 is 9.59 Å². The number of nitrogens with zero attached hydrogens (tertiary/aromatic N) is 2. The predicted octanol–water partition coefficient (Wildman–Crippen LogP) is -0.369. The van der Waals surface area contributed by atoms with Crippen molar-refractivity contribution >= 4 is 17.5 Å². The molecule has 20 heavy (non-hydrogen) atoms. The third-order valence-electron chi connectivity index (χ3n) is 3.93. The number of carbonyl (C=O) groups is 2. The smallest absolute Gasteiger partial charge is 0.227 e. The Morgan fingerprint density at radius 1 is 1.50 bits per heavy atom. The molecule has 0 bridgehead atoms. The molecule has 3 rings (SSSR count). The van der Waals surface area contributed by atoms with Gasteiger partial charge < -0.3 is 15.5 Å². The van der Waals surface area contributed by atoms with Crippen LogP contribution in [0, 0.1) is 5.92 Å². The van der Waals surface area contributed by atoms with Crippen molar-refractivity contribution in [2.75, 3.05) is 24.5 Å². The molecule has 0 spiro atoms. The Labute approximate surface area is 117 Å². The topological polar surface area (TPSA) is 90.1 Å². The fraction of sp³-hybridized carbons (Fsp3) is 0.615. The Bertz CT molecular complexity index is 481. The van der Waals surface area contributed by atoms with Crippen LogP contribution in [-0.2, 0) is 9.59 Å². The van der Waals surface area contributed by atoms with E-state index in [9.17, 15) is 9.59 Å². The Morgan fingerprint density at radius 3 is 3.10 bits per heavy atom. The number of piperidine rings is 1. The van der Waals surface area contributed by atoms with Crippen LogP contribution < -0.4 is 15.5 Å². The van der Waals surface area contributed by atoms with Crippen LogP contribution in [0.1, 0.15) is 19.3 Å². The summed E-state index contributed by atoms with van der Waals surface area (Å²) in [7, 11) is 0. The van der Waals surface area contributed by atoms with Gasteiger partial charge >= 0.3 is 0 Å². The van der Waals surface area contributed by atoms with E-state index in [0.717, 1.165) is 31.6 Å². The molecule has 3 N–H and O–H groups in total. The summed E-state index contributed by atoms with van der Waals surface area (Å²) in [5.41, 5.74) is 0.727. The SMILES string of the molecule is O=C(N[C@H]1CCCNC1)C1CC(=O)N(c2cn[nH]c2)C1. The second-order valence-corrected chi connectivity index (χ2v) is 5.41. The third kappa shape index (κ3) is 2.67. The van der Waals surface area contributed by atoms with E-state index in [1.165, 1.54) is 0 Å². The van der Waals surface area contributed by atoms with Gasteiger partial charge in [0.2, 0.25) is 11.8 Å². The van der Waals surface area contributed by atoms with E-state index >= 15 is 0 Å². The average molecular weight is 277 g/mol. The van der Waals surface area contributed by atoms with Crippen LogP contribution in [0.3, 0.4) is 0 Å². The highest BCUT2D eigenvalue weighted by molar-refractivity contribution is 6.00. The van der Waals surface area contributed by atoms with E-state index in [1.54, 1.807) is 17.3 Å². The number of aromatic amines is 1. The summed E-state index contributed by atoms with van der Waals surface area (Å²) in [6.07, 6.45) is 5.63. The maximum Gasteiger partial charge on any atom is 0.227 e. The number of rotatable bonds is 3. The largest absolute Gasteiger partial charge is 0.352 e. The molecule has 1 unspecified atom stereocenters. The van der Waals surface area contributed by atoms with Gasteiger partial charge in [-0.15, -0.1) is 0 Å². The number of hydrogen-bond acceptors (Lipinski definition) is 4. The van der Waals surface area contributed by atoms with Crippen molar-refractivity contribution in [2.24, 2.45) is 5.92 Å². The number of amides is 2. The molecule has 2 amide bonds. The molecule has 2 aliphatic rings. The average Bonchev–Trinajstić information content (AvgIpc) is 3.08. The zero-order valence-electron chi connectivity index (χ0n) is 11.3. The second kappa shape index (κ2) is 5.62. The minimum atomic E-state index is -0.265. The lowest BCUT2D eigenvalue weighted by Crippen LogP contribution is -2.47. The van der Waals surface area contributed by atoms with Gasteiger partial charge in [-0.2, -0.15) is 5.10 Å². The quantitative estimate of drug-likeness (QED) is 0.703. The van der Waals surface area contributed by atoms with E-state index in [-0.39, 0.29) is 30.2 Å². The van der Waals surface area contributed by atoms with Crippen LogP contribution in [0.2, 0.25) is 0 Å². The molecule has 0 radical (unpaired) electrons. The van der Waals surface area contributed by atoms with E-state index in [1.807, 2.05) is 0 Å². The summed E-state index contributed by atoms with van der Waals surface area (Å²) in [5.74, 6) is -0.300. The molecular weight excluding hydrogens is 258 g/mol. The van der Waals surface area contributed by atoms with Gasteiger partial charge in [-0.3, -0.25) is 14.7 Å². The molecule has 2 atom stereocenters. The summed E-state index contributed by atoms with van der Waals surface area (Å²) in [6.45, 7) is 2.27. The van der Waals surface area contributed by atoms with Gasteiger partial charge in [0.1, 0.15) is 0 Å². The standard InChI is InChI=1S/C13H19N5O2/c19-12-4-9(8-18(12)11-6-15-16-7-11)13(20)17-10-2-1-3-14-5-10/h6-7,9-10,14H,1-5,8H2,(H,15,16)(H,17,20)/t9?,10-/m0/s1. The van der Waals surface area contributed by atoms with Gasteiger partial charge in [0.05, 0.1) is 17.8 Å². The fourth-order valence-electron chi connectivity index (χ4n) is 2.82. The Hall–Kier alpha value is -1.89. The highest BCUT2D eigenvalue weighted by atomic mass is 16.2. The van der Waals surface area contributed by atoms with E-state index < -0.39 is 0 Å². The van der Waals surface area contributed by atoms with Crippen LogP contribution in [0.5, 0.6) is 0 Å². The van der Waals surface area contributed by atoms with Crippen LogP contribution >= 0.6 is 0 Å². The highest BCUT2D eigenvalue weighted by Crippen LogP contribution is 2.24. The molecule has 0 aromatic carbocycles. The molecule has 2 saturated heterocycles. The summed E-state index contributed by atoms with van der Waals surface area (Å²) < 4.78 is 0. The number of anilines is 1. The first kappa shape index (κ1) is 13.1. The summed E-state index contributed by atoms with van der Waals surface area (Å²) in [4.78, 5) is 25.8. The van der Waals surface area contributed by atoms with Crippen molar-refractivity contribution in [1.29, 1.82) is 0 Å². The van der Waals surface area contributed by atoms with Crippen LogP contribution in [0.4, 0.5) is 5.69 Å². The van der Waals surface area contributed by atoms with Crippen LogP contribution in [0.25, 0.3) is 0 Å². The first-order valence-electron chi connectivity index (χ1n) is 7.04. The van der Waals surface area contributed by atoms with Crippen molar-refractivity contribution in [3.63, 3.8) is 0 Å². The molecule has 0 aliphatic carbocycles. The minimum absolute atomic E-state index is 0.0157. The molecule has 3 heterocycles. The molecule has 1 aromatic heterocycles. The monoisotopic (exact) mass is 277 g/mol. The van der Waals surface area contributed by atoms with E-state index in [4.69, 9.17) is 0 Å². The number of carbonyl (C=O) groups excluding carboxylic acids is 2. The second-order valence-electron chi connectivity index (χ2n) is 5.41. The van der Waals surface area contributed by atoms with Crippen molar-refractivity contribution in [1.82, 2.24) is 20.8 Å². The molecule has 108 valence electrons. The zero-order chi connectivity index (χ0) is 13.9. The lowest BCUT2D eigenvalue weighted by atomic mass is 10.0. The summed E-state index contributed by atoms with van der Waals surface area (Å²) in [5, 5.41) is 12.8. The Balaban J connectivity index is 1.58. The summed E-state index contributed by atoms with van der Waals surface area (Å²) in [6, 6.07) is 0.189. The van der Waals surface area contributed by atoms with E-state index in [0.29, 0.717) is 6.54 Å². The van der Waals surface area contributed by atoms with Crippen LogP contribution in [0.15, 0.2) is 12.4 Å². The van der Waals surface area contributed by atoms with Crippen molar-refractivity contribution in [3.05, 3.63) is 12.4 Å². The highest BCUT2D eigenvalue weighted by Gasteiger charge is 2.36. The normalized spacial score (nSPS) is 26.8. The zero-order valence-corrected chi connectivity index (χ0v) is 11.3. The molecular formula is C13H19N5O2. The number of nitrogens with one attached hydrogen (secondary N) is 3. The lowest BCUT2D eigenvalue weighted by Gasteiger charge is -2.25. The maximum atomic E-state index is 12.2. The first-order chi connectivity index (χ1) is 9.74. The Kier molecular flexibility index (Phi) is 3.68. The molecule has 7 heteroatoms. The van der Waals surface area contributed by atoms with Gasteiger partial charge in [-0.25, -0.2) is 0 Å². The predicted molar refractivity (Wildman–Crippen MR) is 73.1 cm³/mol. The molecule has 2 aliphatic heterocycles. The molecule has 2 fully saturated rings. The first-order valence-corrected chi connectivity index (χ1v) is 7.04. The maximum absolute atomic E-state index is 12.2. The van der Waals surface area contributed by atoms with Gasteiger partial charge in [-0.1, -0.05) is 0 Å². The lowest BCUT2D eigenvalue weighted by molar-refractivity contribution is -0.127. The van der Waals surface area contributed by atoms with Crippen molar-refractivity contribution in [2.45, 2.75) is 25.3 Å². The summed E-state index contributed by atoms with van der Waals surface area (Å²) >= 11 is 0. The van der Waals surface area contributed by atoms with Gasteiger partial charge in [0.15, 0.2) is 0 Å². The van der Waals surface area contributed by atoms with Gasteiger partial charge in [-0.05, 0) is 19.4 Å². The number of H-pyrrole nitrogens is 1. The Morgan fingerprint density at radius 2 is 2.40 bits per heavy atom. The minimum Gasteiger partial charge on any atom is -0.352 e. The van der Waals surface area contributed by atoms with Crippen molar-refractivity contribution in [3.8, 4) is 0 Å². The number of aromatic nitrogens is 2. The fourth-order valence-corrected chi connectivity index (χ4v) is 2.82. The van der Waals surface area contributed by atoms with E-state index in [2.05, 4.69) is 20.8 Å². The number of hydrogen-bond donors (Lipinski definition) is 3. The van der Waals surface area contributed by atoms with Gasteiger partial charge in [0, 0.05) is 31.7 Å². The molecule has 7 nitrogen and oxygen atoms in total.